The van der Waals surface area contributed by atoms with Crippen LogP contribution in [0.3, 0.4) is 0 Å². The van der Waals surface area contributed by atoms with Gasteiger partial charge < -0.3 is 16.0 Å². The number of amides is 1. The van der Waals surface area contributed by atoms with Gasteiger partial charge in [0.2, 0.25) is 5.82 Å². The van der Waals surface area contributed by atoms with Gasteiger partial charge in [-0.2, -0.15) is 0 Å². The number of para-hydroxylation sites is 1. The molecule has 0 aliphatic carbocycles. The van der Waals surface area contributed by atoms with Gasteiger partial charge in [-0.25, -0.2) is 9.97 Å². The molecule has 0 bridgehead atoms. The number of carbonyl (C=O) groups is 1. The lowest BCUT2D eigenvalue weighted by Gasteiger charge is -2.10. The molecule has 0 atom stereocenters. The summed E-state index contributed by atoms with van der Waals surface area (Å²) in [6.07, 6.45) is 1.89. The molecule has 0 spiro atoms. The van der Waals surface area contributed by atoms with Crippen molar-refractivity contribution in [2.45, 2.75) is 0 Å². The van der Waals surface area contributed by atoms with Crippen molar-refractivity contribution in [1.29, 1.82) is 0 Å². The molecule has 2 aromatic carbocycles. The Hall–Kier alpha value is -3.41. The standard InChI is InChI=1S/C17H13N5O/c18-15(23)17-21-13-4-2-1-3-12(13)16(22-17)20-11-6-5-10-7-8-19-14(10)9-11/h1-9,19H,(H2,18,23)(H,20,21,22). The van der Waals surface area contributed by atoms with E-state index in [9.17, 15) is 4.79 Å². The van der Waals surface area contributed by atoms with E-state index in [4.69, 9.17) is 5.73 Å². The summed E-state index contributed by atoms with van der Waals surface area (Å²) in [5.74, 6) is -0.110. The molecule has 0 radical (unpaired) electrons. The Morgan fingerprint density at radius 3 is 2.83 bits per heavy atom. The number of nitrogens with zero attached hydrogens (tertiary/aromatic N) is 2. The first kappa shape index (κ1) is 13.3. The van der Waals surface area contributed by atoms with Crippen LogP contribution in [-0.4, -0.2) is 20.9 Å². The third-order valence-electron chi connectivity index (χ3n) is 3.64. The molecular formula is C17H13N5O. The fourth-order valence-electron chi connectivity index (χ4n) is 2.54. The zero-order chi connectivity index (χ0) is 15.8. The number of benzene rings is 2. The van der Waals surface area contributed by atoms with E-state index < -0.39 is 5.91 Å². The molecule has 4 rings (SSSR count). The predicted molar refractivity (Wildman–Crippen MR) is 89.6 cm³/mol. The van der Waals surface area contributed by atoms with E-state index in [1.807, 2.05) is 54.7 Å². The summed E-state index contributed by atoms with van der Waals surface area (Å²) in [6, 6.07) is 15.4. The second kappa shape index (κ2) is 5.10. The highest BCUT2D eigenvalue weighted by molar-refractivity contribution is 5.97. The van der Waals surface area contributed by atoms with Gasteiger partial charge in [0.15, 0.2) is 0 Å². The van der Waals surface area contributed by atoms with Crippen LogP contribution < -0.4 is 11.1 Å². The Morgan fingerprint density at radius 2 is 1.96 bits per heavy atom. The number of anilines is 2. The molecule has 2 aromatic heterocycles. The normalized spacial score (nSPS) is 11.0. The van der Waals surface area contributed by atoms with Crippen molar-refractivity contribution in [3.63, 3.8) is 0 Å². The van der Waals surface area contributed by atoms with Gasteiger partial charge in [0.05, 0.1) is 5.52 Å². The predicted octanol–water partition coefficient (Wildman–Crippen LogP) is 2.95. The van der Waals surface area contributed by atoms with Crippen LogP contribution in [0.2, 0.25) is 0 Å². The van der Waals surface area contributed by atoms with Crippen molar-refractivity contribution in [3.05, 3.63) is 60.6 Å². The number of aromatic amines is 1. The molecule has 4 N–H and O–H groups in total. The third kappa shape index (κ3) is 2.36. The number of nitrogens with one attached hydrogen (secondary N) is 2. The lowest BCUT2D eigenvalue weighted by atomic mass is 10.2. The van der Waals surface area contributed by atoms with Gasteiger partial charge >= 0.3 is 0 Å². The van der Waals surface area contributed by atoms with E-state index in [-0.39, 0.29) is 5.82 Å². The molecule has 1 amide bonds. The summed E-state index contributed by atoms with van der Waals surface area (Å²) in [7, 11) is 0. The van der Waals surface area contributed by atoms with Gasteiger partial charge in [0, 0.05) is 22.8 Å². The molecule has 4 aromatic rings. The van der Waals surface area contributed by atoms with E-state index in [2.05, 4.69) is 20.3 Å². The lowest BCUT2D eigenvalue weighted by Crippen LogP contribution is -2.16. The first-order valence-electron chi connectivity index (χ1n) is 7.11. The number of primary amides is 1. The van der Waals surface area contributed by atoms with Crippen molar-refractivity contribution in [3.8, 4) is 0 Å². The van der Waals surface area contributed by atoms with Crippen molar-refractivity contribution >= 4 is 39.2 Å². The van der Waals surface area contributed by atoms with Crippen molar-refractivity contribution < 1.29 is 4.79 Å². The van der Waals surface area contributed by atoms with Gasteiger partial charge in [-0.15, -0.1) is 0 Å². The smallest absolute Gasteiger partial charge is 0.286 e. The van der Waals surface area contributed by atoms with Crippen LogP contribution in [0.1, 0.15) is 10.6 Å². The maximum absolute atomic E-state index is 11.5. The average molecular weight is 303 g/mol. The highest BCUT2D eigenvalue weighted by Crippen LogP contribution is 2.25. The first-order chi connectivity index (χ1) is 11.2. The van der Waals surface area contributed by atoms with Gasteiger partial charge in [0.25, 0.3) is 5.91 Å². The Bertz CT molecular complexity index is 1040. The molecule has 0 fully saturated rings. The molecule has 2 heterocycles. The number of nitrogens with two attached hydrogens (primary N) is 1. The minimum absolute atomic E-state index is 0.00727. The van der Waals surface area contributed by atoms with Crippen LogP contribution in [0.4, 0.5) is 11.5 Å². The zero-order valence-corrected chi connectivity index (χ0v) is 12.1. The lowest BCUT2D eigenvalue weighted by molar-refractivity contribution is 0.0991. The Balaban J connectivity index is 1.84. The summed E-state index contributed by atoms with van der Waals surface area (Å²) in [6.45, 7) is 0. The van der Waals surface area contributed by atoms with Crippen molar-refractivity contribution in [2.24, 2.45) is 5.73 Å². The summed E-state index contributed by atoms with van der Waals surface area (Å²) >= 11 is 0. The number of aromatic nitrogens is 3. The van der Waals surface area contributed by atoms with Gasteiger partial charge in [-0.1, -0.05) is 18.2 Å². The van der Waals surface area contributed by atoms with Crippen LogP contribution >= 0.6 is 0 Å². The van der Waals surface area contributed by atoms with Crippen molar-refractivity contribution in [2.75, 3.05) is 5.32 Å². The fraction of sp³-hybridized carbons (Fsp3) is 0. The van der Waals surface area contributed by atoms with Crippen LogP contribution in [0.5, 0.6) is 0 Å². The summed E-state index contributed by atoms with van der Waals surface area (Å²) in [4.78, 5) is 23.1. The number of carbonyl (C=O) groups excluding carboxylic acids is 1. The number of fused-ring (bicyclic) bond motifs is 2. The second-order valence-electron chi connectivity index (χ2n) is 5.18. The van der Waals surface area contributed by atoms with Gasteiger partial charge in [-0.3, -0.25) is 4.79 Å². The zero-order valence-electron chi connectivity index (χ0n) is 12.1. The molecular weight excluding hydrogens is 290 g/mol. The van der Waals surface area contributed by atoms with Crippen LogP contribution in [0.25, 0.3) is 21.8 Å². The monoisotopic (exact) mass is 303 g/mol. The van der Waals surface area contributed by atoms with E-state index in [0.29, 0.717) is 11.3 Å². The molecule has 6 nitrogen and oxygen atoms in total. The maximum Gasteiger partial charge on any atom is 0.286 e. The molecule has 0 aliphatic heterocycles. The van der Waals surface area contributed by atoms with Crippen LogP contribution in [-0.2, 0) is 0 Å². The summed E-state index contributed by atoms with van der Waals surface area (Å²) < 4.78 is 0. The molecule has 112 valence electrons. The third-order valence-corrected chi connectivity index (χ3v) is 3.64. The average Bonchev–Trinajstić information content (AvgIpc) is 3.02. The van der Waals surface area contributed by atoms with Crippen molar-refractivity contribution in [1.82, 2.24) is 15.0 Å². The quantitative estimate of drug-likeness (QED) is 0.542. The summed E-state index contributed by atoms with van der Waals surface area (Å²) in [5.41, 5.74) is 7.87. The Labute approximate surface area is 131 Å². The highest BCUT2D eigenvalue weighted by atomic mass is 16.1. The summed E-state index contributed by atoms with van der Waals surface area (Å²) in [5, 5.41) is 5.19. The highest BCUT2D eigenvalue weighted by Gasteiger charge is 2.11. The Morgan fingerprint density at radius 1 is 1.09 bits per heavy atom. The van der Waals surface area contributed by atoms with Gasteiger partial charge in [0.1, 0.15) is 5.82 Å². The first-order valence-corrected chi connectivity index (χ1v) is 7.11. The molecule has 0 saturated carbocycles. The minimum Gasteiger partial charge on any atom is -0.363 e. The van der Waals surface area contributed by atoms with E-state index in [1.54, 1.807) is 0 Å². The van der Waals surface area contributed by atoms with Crippen LogP contribution in [0, 0.1) is 0 Å². The molecule has 23 heavy (non-hydrogen) atoms. The number of H-pyrrole nitrogens is 1. The maximum atomic E-state index is 11.5. The van der Waals surface area contributed by atoms with E-state index in [1.165, 1.54) is 0 Å². The van der Waals surface area contributed by atoms with Gasteiger partial charge in [-0.05, 0) is 35.7 Å². The molecule has 6 heteroatoms. The second-order valence-corrected chi connectivity index (χ2v) is 5.18. The largest absolute Gasteiger partial charge is 0.363 e. The Kier molecular flexibility index (Phi) is 2.94. The van der Waals surface area contributed by atoms with E-state index >= 15 is 0 Å². The number of rotatable bonds is 3. The fourth-order valence-corrected chi connectivity index (χ4v) is 2.54. The van der Waals surface area contributed by atoms with Crippen LogP contribution in [0.15, 0.2) is 54.7 Å². The molecule has 0 unspecified atom stereocenters. The molecule has 0 saturated heterocycles. The SMILES string of the molecule is NC(=O)c1nc(Nc2ccc3cc[nH]c3c2)c2ccccc2n1. The van der Waals surface area contributed by atoms with E-state index in [0.717, 1.165) is 22.0 Å². The topological polar surface area (TPSA) is 96.7 Å². The molecule has 0 aliphatic rings. The number of hydrogen-bond donors (Lipinski definition) is 3. The number of hydrogen-bond acceptors (Lipinski definition) is 4. The minimum atomic E-state index is -0.654.